The smallest absolute Gasteiger partial charge is 0.195 e. The van der Waals surface area contributed by atoms with Gasteiger partial charge in [-0.15, -0.1) is 11.3 Å². The highest BCUT2D eigenvalue weighted by Gasteiger charge is 2.22. The molecule has 1 unspecified atom stereocenters. The lowest BCUT2D eigenvalue weighted by molar-refractivity contribution is 0.104. The van der Waals surface area contributed by atoms with Gasteiger partial charge in [0.2, 0.25) is 0 Å². The van der Waals surface area contributed by atoms with E-state index < -0.39 is 0 Å². The normalized spacial score (nSPS) is 18.0. The lowest BCUT2D eigenvalue weighted by Gasteiger charge is -2.15. The first-order chi connectivity index (χ1) is 19.6. The summed E-state index contributed by atoms with van der Waals surface area (Å²) in [6, 6.07) is 24.0. The molecule has 5 nitrogen and oxygen atoms in total. The van der Waals surface area contributed by atoms with Gasteiger partial charge in [-0.3, -0.25) is 9.69 Å². The van der Waals surface area contributed by atoms with Gasteiger partial charge in [0.1, 0.15) is 18.1 Å². The maximum absolute atomic E-state index is 13.9. The second kappa shape index (κ2) is 12.5. The van der Waals surface area contributed by atoms with E-state index in [1.807, 2.05) is 48.5 Å². The molecule has 0 N–H and O–H groups in total. The molecule has 4 aromatic rings. The minimum absolute atomic E-state index is 0.0407. The summed E-state index contributed by atoms with van der Waals surface area (Å²) in [6.45, 7) is 7.07. The van der Waals surface area contributed by atoms with Gasteiger partial charge in [0.05, 0.1) is 6.61 Å². The Labute approximate surface area is 241 Å². The first-order valence-corrected chi connectivity index (χ1v) is 15.4. The molecule has 0 amide bonds. The van der Waals surface area contributed by atoms with Crippen molar-refractivity contribution in [2.75, 3.05) is 53.0 Å². The highest BCUT2D eigenvalue weighted by Crippen LogP contribution is 2.40. The van der Waals surface area contributed by atoms with Crippen LogP contribution in [0.25, 0.3) is 20.5 Å². The Morgan fingerprint density at radius 3 is 2.30 bits per heavy atom. The summed E-state index contributed by atoms with van der Waals surface area (Å²) in [5.74, 6) is 2.44. The van der Waals surface area contributed by atoms with Crippen molar-refractivity contribution in [3.63, 3.8) is 0 Å². The molecule has 2 fully saturated rings. The molecule has 6 heteroatoms. The third-order valence-corrected chi connectivity index (χ3v) is 9.43. The molecule has 3 aromatic carbocycles. The van der Waals surface area contributed by atoms with Crippen molar-refractivity contribution in [1.82, 2.24) is 9.80 Å². The molecular formula is C34H38N2O3S. The summed E-state index contributed by atoms with van der Waals surface area (Å²) < 4.78 is 13.2. The molecule has 208 valence electrons. The highest BCUT2D eigenvalue weighted by atomic mass is 32.1. The van der Waals surface area contributed by atoms with Crippen LogP contribution >= 0.6 is 11.3 Å². The second-order valence-electron chi connectivity index (χ2n) is 11.1. The monoisotopic (exact) mass is 554 g/mol. The Hall–Kier alpha value is -3.19. The molecule has 40 heavy (non-hydrogen) atoms. The predicted molar refractivity (Wildman–Crippen MR) is 164 cm³/mol. The van der Waals surface area contributed by atoms with Crippen molar-refractivity contribution < 1.29 is 14.3 Å². The number of rotatable bonds is 11. The van der Waals surface area contributed by atoms with E-state index in [1.165, 1.54) is 38.9 Å². The van der Waals surface area contributed by atoms with Crippen LogP contribution in [0.4, 0.5) is 0 Å². The van der Waals surface area contributed by atoms with Gasteiger partial charge in [-0.25, -0.2) is 0 Å². The largest absolute Gasteiger partial charge is 0.494 e. The van der Waals surface area contributed by atoms with Crippen LogP contribution in [0.3, 0.4) is 0 Å². The third kappa shape index (κ3) is 6.25. The fourth-order valence-corrected chi connectivity index (χ4v) is 7.13. The maximum atomic E-state index is 13.9. The van der Waals surface area contributed by atoms with Crippen molar-refractivity contribution in [3.05, 3.63) is 83.9 Å². The molecule has 2 aliphatic rings. The summed E-state index contributed by atoms with van der Waals surface area (Å²) in [6.07, 6.45) is 4.90. The van der Waals surface area contributed by atoms with Crippen LogP contribution in [-0.2, 0) is 0 Å². The SMILES string of the molecule is CN1CCC(CCOc2ccc(C(=O)c3c(-c4ccc(OCCN5CCCC5)cc4)sc4ccccc34)cc2)C1. The number of benzene rings is 3. The van der Waals surface area contributed by atoms with E-state index in [2.05, 4.69) is 41.1 Å². The molecule has 0 saturated carbocycles. The number of nitrogens with zero attached hydrogens (tertiary/aromatic N) is 2. The Morgan fingerprint density at radius 2 is 1.57 bits per heavy atom. The zero-order chi connectivity index (χ0) is 27.3. The number of carbonyl (C=O) groups excluding carboxylic acids is 1. The van der Waals surface area contributed by atoms with E-state index in [1.54, 1.807) is 11.3 Å². The Balaban J connectivity index is 1.16. The summed E-state index contributed by atoms with van der Waals surface area (Å²) in [5, 5.41) is 1.00. The molecule has 6 rings (SSSR count). The van der Waals surface area contributed by atoms with Crippen LogP contribution in [0.2, 0.25) is 0 Å². The van der Waals surface area contributed by atoms with E-state index in [0.717, 1.165) is 57.1 Å². The topological polar surface area (TPSA) is 42.0 Å². The van der Waals surface area contributed by atoms with E-state index in [-0.39, 0.29) is 5.78 Å². The first kappa shape index (κ1) is 27.0. The summed E-state index contributed by atoms with van der Waals surface area (Å²) in [7, 11) is 2.18. The average Bonchev–Trinajstić information content (AvgIpc) is 3.74. The quantitative estimate of drug-likeness (QED) is 0.187. The van der Waals surface area contributed by atoms with Crippen LogP contribution in [0, 0.1) is 5.92 Å². The number of fused-ring (bicyclic) bond motifs is 1. The predicted octanol–water partition coefficient (Wildman–Crippen LogP) is 6.99. The van der Waals surface area contributed by atoms with Crippen molar-refractivity contribution >= 4 is 27.2 Å². The van der Waals surface area contributed by atoms with Gasteiger partial charge in [0.15, 0.2) is 5.78 Å². The van der Waals surface area contributed by atoms with Gasteiger partial charge < -0.3 is 14.4 Å². The molecule has 1 atom stereocenters. The number of carbonyl (C=O) groups is 1. The van der Waals surface area contributed by atoms with Crippen LogP contribution in [-0.4, -0.2) is 68.6 Å². The molecule has 3 heterocycles. The summed E-state index contributed by atoms with van der Waals surface area (Å²) in [4.78, 5) is 19.7. The fourth-order valence-electron chi connectivity index (χ4n) is 5.93. The molecular weight excluding hydrogens is 516 g/mol. The van der Waals surface area contributed by atoms with Gasteiger partial charge in [-0.2, -0.15) is 0 Å². The first-order valence-electron chi connectivity index (χ1n) is 14.6. The molecule has 0 bridgehead atoms. The maximum Gasteiger partial charge on any atom is 0.195 e. The fraction of sp³-hybridized carbons (Fsp3) is 0.382. The van der Waals surface area contributed by atoms with Crippen LogP contribution in [0.1, 0.15) is 41.6 Å². The van der Waals surface area contributed by atoms with Gasteiger partial charge in [-0.05, 0) is 118 Å². The molecule has 2 saturated heterocycles. The summed E-state index contributed by atoms with van der Waals surface area (Å²) in [5.41, 5.74) is 2.48. The Morgan fingerprint density at radius 1 is 0.875 bits per heavy atom. The Bertz CT molecular complexity index is 1420. The number of ketones is 1. The van der Waals surface area contributed by atoms with E-state index in [0.29, 0.717) is 24.7 Å². The van der Waals surface area contributed by atoms with Crippen molar-refractivity contribution in [3.8, 4) is 21.9 Å². The molecule has 0 spiro atoms. The molecule has 0 aliphatic carbocycles. The number of hydrogen-bond donors (Lipinski definition) is 0. The third-order valence-electron chi connectivity index (χ3n) is 8.21. The second-order valence-corrected chi connectivity index (χ2v) is 12.2. The highest BCUT2D eigenvalue weighted by molar-refractivity contribution is 7.22. The van der Waals surface area contributed by atoms with Crippen molar-refractivity contribution in [1.29, 1.82) is 0 Å². The van der Waals surface area contributed by atoms with Crippen LogP contribution in [0.5, 0.6) is 11.5 Å². The molecule has 2 aliphatic heterocycles. The average molecular weight is 555 g/mol. The van der Waals surface area contributed by atoms with E-state index in [4.69, 9.17) is 9.47 Å². The van der Waals surface area contributed by atoms with Crippen molar-refractivity contribution in [2.24, 2.45) is 5.92 Å². The minimum atomic E-state index is 0.0407. The lowest BCUT2D eigenvalue weighted by Crippen LogP contribution is -2.25. The standard InChI is InChI=1S/C34H38N2O3S/c1-35-20-16-25(24-35)17-22-38-28-12-8-26(9-13-28)33(37)32-30-6-2-3-7-31(30)40-34(32)27-10-14-29(15-11-27)39-23-21-36-18-4-5-19-36/h2-3,6-15,25H,4-5,16-24H2,1H3. The number of hydrogen-bond acceptors (Lipinski definition) is 6. The van der Waals surface area contributed by atoms with Crippen molar-refractivity contribution in [2.45, 2.75) is 25.7 Å². The zero-order valence-electron chi connectivity index (χ0n) is 23.3. The number of thiophene rings is 1. The van der Waals surface area contributed by atoms with E-state index in [9.17, 15) is 4.79 Å². The lowest BCUT2D eigenvalue weighted by atomic mass is 9.97. The van der Waals surface area contributed by atoms with Gasteiger partial charge >= 0.3 is 0 Å². The summed E-state index contributed by atoms with van der Waals surface area (Å²) >= 11 is 1.67. The number of ether oxygens (including phenoxy) is 2. The number of likely N-dealkylation sites (tertiary alicyclic amines) is 2. The molecule has 0 radical (unpaired) electrons. The molecule has 1 aromatic heterocycles. The van der Waals surface area contributed by atoms with Gasteiger partial charge in [0.25, 0.3) is 0 Å². The van der Waals surface area contributed by atoms with Crippen LogP contribution < -0.4 is 9.47 Å². The van der Waals surface area contributed by atoms with E-state index >= 15 is 0 Å². The zero-order valence-corrected chi connectivity index (χ0v) is 24.1. The van der Waals surface area contributed by atoms with Crippen LogP contribution in [0.15, 0.2) is 72.8 Å². The van der Waals surface area contributed by atoms with Gasteiger partial charge in [-0.1, -0.05) is 18.2 Å². The van der Waals surface area contributed by atoms with Gasteiger partial charge in [0, 0.05) is 39.2 Å². The minimum Gasteiger partial charge on any atom is -0.494 e. The Kier molecular flexibility index (Phi) is 8.47.